The van der Waals surface area contributed by atoms with Gasteiger partial charge in [-0.3, -0.25) is 0 Å². The summed E-state index contributed by atoms with van der Waals surface area (Å²) in [6.45, 7) is 3.56. The highest BCUT2D eigenvalue weighted by Gasteiger charge is 2.18. The average molecular weight is 309 g/mol. The number of hydrogen-bond donors (Lipinski definition) is 3. The zero-order valence-electron chi connectivity index (χ0n) is 12.5. The van der Waals surface area contributed by atoms with Gasteiger partial charge >= 0.3 is 0 Å². The average Bonchev–Trinajstić information content (AvgIpc) is 2.44. The predicted molar refractivity (Wildman–Crippen MR) is 83.9 cm³/mol. The maximum atomic E-state index is 9.45. The quantitative estimate of drug-likeness (QED) is 0.630. The third-order valence-electron chi connectivity index (χ3n) is 3.10. The van der Waals surface area contributed by atoms with Crippen LogP contribution in [0, 0.1) is 18.3 Å². The Morgan fingerprint density at radius 3 is 2.71 bits per heavy atom. The van der Waals surface area contributed by atoms with Gasteiger partial charge < -0.3 is 15.9 Å². The van der Waals surface area contributed by atoms with Crippen molar-refractivity contribution in [3.05, 3.63) is 23.4 Å². The van der Waals surface area contributed by atoms with Crippen LogP contribution in [-0.4, -0.2) is 39.2 Å². The Kier molecular flexibility index (Phi) is 7.68. The second kappa shape index (κ2) is 9.00. The lowest BCUT2D eigenvalue weighted by Crippen LogP contribution is -2.29. The van der Waals surface area contributed by atoms with Crippen molar-refractivity contribution in [2.45, 2.75) is 55.5 Å². The Morgan fingerprint density at radius 2 is 2.14 bits per heavy atom. The fourth-order valence-corrected chi connectivity index (χ4v) is 3.28. The highest BCUT2D eigenvalue weighted by molar-refractivity contribution is 7.99. The number of nitriles is 1. The summed E-state index contributed by atoms with van der Waals surface area (Å²) < 4.78 is 0. The van der Waals surface area contributed by atoms with Crippen LogP contribution in [0.3, 0.4) is 0 Å². The fourth-order valence-electron chi connectivity index (χ4n) is 1.93. The Bertz CT molecular complexity index is 488. The first-order valence-electron chi connectivity index (χ1n) is 7.05. The van der Waals surface area contributed by atoms with Gasteiger partial charge in [-0.2, -0.15) is 5.26 Å². The summed E-state index contributed by atoms with van der Waals surface area (Å²) in [4.78, 5) is 4.42. The number of nitrogens with two attached hydrogens (primary N) is 1. The van der Waals surface area contributed by atoms with Gasteiger partial charge in [-0.1, -0.05) is 0 Å². The van der Waals surface area contributed by atoms with E-state index < -0.39 is 0 Å². The predicted octanol–water partition coefficient (Wildman–Crippen LogP) is 1.59. The number of hydrogen-bond acceptors (Lipinski definition) is 6. The van der Waals surface area contributed by atoms with Gasteiger partial charge in [-0.25, -0.2) is 4.98 Å². The molecule has 0 saturated carbocycles. The monoisotopic (exact) mass is 309 g/mol. The molecular formula is C15H23N3O2S. The van der Waals surface area contributed by atoms with Crippen molar-refractivity contribution < 1.29 is 10.2 Å². The summed E-state index contributed by atoms with van der Waals surface area (Å²) in [6.07, 6.45) is 1.66. The number of aliphatic hydroxyl groups excluding tert-OH is 2. The van der Waals surface area contributed by atoms with Crippen LogP contribution in [0.1, 0.15) is 37.4 Å². The first kappa shape index (κ1) is 17.9. The minimum absolute atomic E-state index is 0.0713. The highest BCUT2D eigenvalue weighted by Crippen LogP contribution is 2.30. The summed E-state index contributed by atoms with van der Waals surface area (Å²) in [5, 5.41) is 28.5. The standard InChI is InChI=1S/C15H23N3O2S/c1-10-3-5-12(8-16)15(18-10)21-14(6-4-11(2)20)7-13(17)9-19/h3,5,11,13-14,19-20H,4,6-7,9,17H2,1-2H3/t11?,13?,14-/m1/s1. The number of nitrogens with zero attached hydrogens (tertiary/aromatic N) is 2. The number of pyridine rings is 1. The minimum atomic E-state index is -0.376. The fraction of sp³-hybridized carbons (Fsp3) is 0.600. The molecule has 0 saturated heterocycles. The number of thioether (sulfide) groups is 1. The summed E-state index contributed by atoms with van der Waals surface area (Å²) in [6, 6.07) is 5.43. The van der Waals surface area contributed by atoms with Gasteiger partial charge in [0.15, 0.2) is 0 Å². The van der Waals surface area contributed by atoms with Crippen molar-refractivity contribution in [1.82, 2.24) is 4.98 Å². The van der Waals surface area contributed by atoms with Crippen molar-refractivity contribution in [3.8, 4) is 6.07 Å². The van der Waals surface area contributed by atoms with Crippen LogP contribution in [0.5, 0.6) is 0 Å². The lowest BCUT2D eigenvalue weighted by Gasteiger charge is -2.20. The molecule has 1 rings (SSSR count). The van der Waals surface area contributed by atoms with Crippen LogP contribution >= 0.6 is 11.8 Å². The van der Waals surface area contributed by atoms with Crippen molar-refractivity contribution in [2.75, 3.05) is 6.61 Å². The topological polar surface area (TPSA) is 103 Å². The molecule has 21 heavy (non-hydrogen) atoms. The molecule has 1 aromatic heterocycles. The molecule has 5 nitrogen and oxygen atoms in total. The van der Waals surface area contributed by atoms with Crippen molar-refractivity contribution in [3.63, 3.8) is 0 Å². The Balaban J connectivity index is 2.84. The molecule has 4 N–H and O–H groups in total. The van der Waals surface area contributed by atoms with Crippen LogP contribution in [0.2, 0.25) is 0 Å². The van der Waals surface area contributed by atoms with Gasteiger partial charge in [0.1, 0.15) is 11.1 Å². The van der Waals surface area contributed by atoms with Crippen molar-refractivity contribution in [1.29, 1.82) is 5.26 Å². The molecule has 0 aromatic carbocycles. The van der Waals surface area contributed by atoms with Crippen molar-refractivity contribution >= 4 is 11.8 Å². The number of aromatic nitrogens is 1. The molecule has 0 spiro atoms. The summed E-state index contributed by atoms with van der Waals surface area (Å²) in [5.41, 5.74) is 7.23. The summed E-state index contributed by atoms with van der Waals surface area (Å²) >= 11 is 1.50. The second-order valence-electron chi connectivity index (χ2n) is 5.26. The van der Waals surface area contributed by atoms with E-state index in [1.165, 1.54) is 11.8 Å². The van der Waals surface area contributed by atoms with E-state index in [2.05, 4.69) is 11.1 Å². The first-order valence-corrected chi connectivity index (χ1v) is 7.93. The smallest absolute Gasteiger partial charge is 0.114 e. The first-order chi connectivity index (χ1) is 9.96. The van der Waals surface area contributed by atoms with Crippen LogP contribution in [-0.2, 0) is 0 Å². The van der Waals surface area contributed by atoms with Gasteiger partial charge in [-0.05, 0) is 45.2 Å². The Morgan fingerprint density at radius 1 is 1.43 bits per heavy atom. The van der Waals surface area contributed by atoms with E-state index in [0.717, 1.165) is 12.1 Å². The summed E-state index contributed by atoms with van der Waals surface area (Å²) in [5.74, 6) is 0. The number of rotatable bonds is 8. The van der Waals surface area contributed by atoms with Crippen LogP contribution < -0.4 is 5.73 Å². The lowest BCUT2D eigenvalue weighted by atomic mass is 10.1. The molecule has 0 amide bonds. The lowest BCUT2D eigenvalue weighted by molar-refractivity contribution is 0.180. The third-order valence-corrected chi connectivity index (χ3v) is 4.40. The zero-order valence-corrected chi connectivity index (χ0v) is 13.3. The maximum absolute atomic E-state index is 9.45. The minimum Gasteiger partial charge on any atom is -0.395 e. The number of aliphatic hydroxyl groups is 2. The van der Waals surface area contributed by atoms with E-state index in [4.69, 9.17) is 16.1 Å². The molecular weight excluding hydrogens is 286 g/mol. The molecule has 1 aromatic rings. The van der Waals surface area contributed by atoms with E-state index in [1.54, 1.807) is 13.0 Å². The zero-order chi connectivity index (χ0) is 15.8. The molecule has 6 heteroatoms. The van der Waals surface area contributed by atoms with E-state index in [1.807, 2.05) is 13.0 Å². The number of aryl methyl sites for hydroxylation is 1. The largest absolute Gasteiger partial charge is 0.395 e. The van der Waals surface area contributed by atoms with E-state index in [0.29, 0.717) is 23.4 Å². The Labute approximate surface area is 130 Å². The molecule has 0 bridgehead atoms. The molecule has 0 aliphatic heterocycles. The van der Waals surface area contributed by atoms with Crippen LogP contribution in [0.15, 0.2) is 17.2 Å². The molecule has 0 radical (unpaired) electrons. The van der Waals surface area contributed by atoms with Crippen molar-refractivity contribution in [2.24, 2.45) is 5.73 Å². The molecule has 0 fully saturated rings. The molecule has 3 atom stereocenters. The van der Waals surface area contributed by atoms with Gasteiger partial charge in [0, 0.05) is 17.0 Å². The highest BCUT2D eigenvalue weighted by atomic mass is 32.2. The third kappa shape index (κ3) is 6.44. The van der Waals surface area contributed by atoms with E-state index >= 15 is 0 Å². The normalized spacial score (nSPS) is 15.2. The molecule has 0 aliphatic carbocycles. The SMILES string of the molecule is Cc1ccc(C#N)c(S[C@H](CCC(C)O)CC(N)CO)n1. The second-order valence-corrected chi connectivity index (χ2v) is 6.55. The summed E-state index contributed by atoms with van der Waals surface area (Å²) in [7, 11) is 0. The molecule has 2 unspecified atom stereocenters. The molecule has 0 aliphatic rings. The van der Waals surface area contributed by atoms with Gasteiger partial charge in [0.05, 0.1) is 18.3 Å². The maximum Gasteiger partial charge on any atom is 0.114 e. The Hall–Kier alpha value is -1.13. The van der Waals surface area contributed by atoms with Gasteiger partial charge in [0.2, 0.25) is 0 Å². The molecule has 116 valence electrons. The van der Waals surface area contributed by atoms with Crippen LogP contribution in [0.25, 0.3) is 0 Å². The van der Waals surface area contributed by atoms with Gasteiger partial charge in [0.25, 0.3) is 0 Å². The van der Waals surface area contributed by atoms with E-state index in [-0.39, 0.29) is 24.0 Å². The van der Waals surface area contributed by atoms with Crippen LogP contribution in [0.4, 0.5) is 0 Å². The van der Waals surface area contributed by atoms with Gasteiger partial charge in [-0.15, -0.1) is 11.8 Å². The molecule has 1 heterocycles. The van der Waals surface area contributed by atoms with E-state index in [9.17, 15) is 5.11 Å².